The van der Waals surface area contributed by atoms with Crippen LogP contribution in [0, 0.1) is 3.57 Å². The van der Waals surface area contributed by atoms with Crippen molar-refractivity contribution in [1.82, 2.24) is 4.98 Å². The Morgan fingerprint density at radius 3 is 2.17 bits per heavy atom. The molecule has 0 amide bonds. The molecule has 1 heterocycles. The van der Waals surface area contributed by atoms with Gasteiger partial charge in [0.2, 0.25) is 0 Å². The highest BCUT2D eigenvalue weighted by Crippen LogP contribution is 2.37. The summed E-state index contributed by atoms with van der Waals surface area (Å²) in [4.78, 5) is 2.96. The Hall–Kier alpha value is -0.260. The lowest BCUT2D eigenvalue weighted by atomic mass is 10.2. The average Bonchev–Trinajstić information content (AvgIpc) is 2.13. The third-order valence-corrected chi connectivity index (χ3v) is 3.43. The van der Waals surface area contributed by atoms with Crippen molar-refractivity contribution in [3.8, 4) is 5.75 Å². The molecule has 1 aromatic rings. The second kappa shape index (κ2) is 5.39. The molecule has 0 saturated carbocycles. The maximum atomic E-state index is 12.5. The van der Waals surface area contributed by atoms with E-state index in [9.17, 15) is 26.3 Å². The summed E-state index contributed by atoms with van der Waals surface area (Å²) in [5.41, 5.74) is -1.50. The molecule has 0 unspecified atom stereocenters. The second-order valence-electron chi connectivity index (χ2n) is 2.94. The summed E-state index contributed by atoms with van der Waals surface area (Å²) < 4.78 is 76.7. The van der Waals surface area contributed by atoms with E-state index in [0.717, 1.165) is 0 Å². The molecule has 10 heteroatoms. The zero-order valence-corrected chi connectivity index (χ0v) is 11.9. The van der Waals surface area contributed by atoms with Crippen LogP contribution in [0.4, 0.5) is 26.3 Å². The first kappa shape index (κ1) is 15.8. The summed E-state index contributed by atoms with van der Waals surface area (Å²) in [5.74, 6) is -0.753. The van der Waals surface area contributed by atoms with E-state index >= 15 is 0 Å². The van der Waals surface area contributed by atoms with Crippen molar-refractivity contribution >= 4 is 38.5 Å². The van der Waals surface area contributed by atoms with Gasteiger partial charge in [0.25, 0.3) is 0 Å². The molecule has 1 aromatic heterocycles. The Kier molecular flexibility index (Phi) is 4.73. The van der Waals surface area contributed by atoms with E-state index in [-0.39, 0.29) is 10.9 Å². The number of hydrogen-bond acceptors (Lipinski definition) is 2. The summed E-state index contributed by atoms with van der Waals surface area (Å²) in [6.07, 6.45) is -9.30. The van der Waals surface area contributed by atoms with Gasteiger partial charge < -0.3 is 4.74 Å². The quantitative estimate of drug-likeness (QED) is 0.377. The molecule has 0 saturated heterocycles. The van der Waals surface area contributed by atoms with Gasteiger partial charge in [0.05, 0.1) is 9.77 Å². The molecule has 0 aliphatic heterocycles. The largest absolute Gasteiger partial charge is 0.573 e. The minimum absolute atomic E-state index is 0.220. The van der Waals surface area contributed by atoms with Crippen LogP contribution in [0.3, 0.4) is 0 Å². The van der Waals surface area contributed by atoms with Gasteiger partial charge in [0.1, 0.15) is 0 Å². The van der Waals surface area contributed by atoms with Crippen molar-refractivity contribution in [1.29, 1.82) is 0 Å². The van der Waals surface area contributed by atoms with Crippen molar-refractivity contribution in [3.63, 3.8) is 0 Å². The Labute approximate surface area is 119 Å². The number of hydrogen-bond donors (Lipinski definition) is 0. The topological polar surface area (TPSA) is 22.1 Å². The highest BCUT2D eigenvalue weighted by molar-refractivity contribution is 14.1. The number of ether oxygens (including phenoxy) is 1. The first-order valence-electron chi connectivity index (χ1n) is 4.12. The minimum Gasteiger partial charge on any atom is -0.404 e. The Morgan fingerprint density at radius 1 is 1.22 bits per heavy atom. The van der Waals surface area contributed by atoms with Crippen molar-refractivity contribution in [2.45, 2.75) is 17.9 Å². The van der Waals surface area contributed by atoms with E-state index in [2.05, 4.69) is 25.7 Å². The molecule has 0 aliphatic carbocycles. The van der Waals surface area contributed by atoms with Crippen molar-refractivity contribution < 1.29 is 31.1 Å². The Balaban J connectivity index is 3.30. The van der Waals surface area contributed by atoms with E-state index < -0.39 is 27.6 Å². The molecule has 0 radical (unpaired) electrons. The van der Waals surface area contributed by atoms with Gasteiger partial charge in [0.15, 0.2) is 11.4 Å². The Morgan fingerprint density at radius 2 is 1.78 bits per heavy atom. The van der Waals surface area contributed by atoms with Crippen molar-refractivity contribution in [2.75, 3.05) is 0 Å². The van der Waals surface area contributed by atoms with Crippen LogP contribution in [0.5, 0.6) is 5.75 Å². The van der Waals surface area contributed by atoms with Gasteiger partial charge >= 0.3 is 12.5 Å². The predicted octanol–water partition coefficient (Wildman–Crippen LogP) is 4.50. The maximum absolute atomic E-state index is 12.5. The number of nitrogens with zero attached hydrogens (tertiary/aromatic N) is 1. The van der Waals surface area contributed by atoms with Gasteiger partial charge in [-0.25, -0.2) is 4.98 Å². The molecule has 0 atom stereocenters. The molecular formula is C8H3BrF6INO. The lowest BCUT2D eigenvalue weighted by Gasteiger charge is -2.16. The molecule has 102 valence electrons. The average molecular weight is 450 g/mol. The predicted molar refractivity (Wildman–Crippen MR) is 61.3 cm³/mol. The van der Waals surface area contributed by atoms with Crippen LogP contribution in [-0.4, -0.2) is 11.3 Å². The monoisotopic (exact) mass is 449 g/mol. The lowest BCUT2D eigenvalue weighted by Crippen LogP contribution is -2.20. The summed E-state index contributed by atoms with van der Waals surface area (Å²) in [7, 11) is 0. The van der Waals surface area contributed by atoms with Crippen LogP contribution >= 0.6 is 38.5 Å². The molecule has 0 spiro atoms. The molecule has 0 aromatic carbocycles. The van der Waals surface area contributed by atoms with Crippen LogP contribution in [0.1, 0.15) is 11.3 Å². The highest BCUT2D eigenvalue weighted by atomic mass is 127. The van der Waals surface area contributed by atoms with E-state index in [1.54, 1.807) is 0 Å². The molecule has 18 heavy (non-hydrogen) atoms. The zero-order chi connectivity index (χ0) is 14.1. The number of rotatable bonds is 2. The van der Waals surface area contributed by atoms with Crippen LogP contribution in [0.25, 0.3) is 0 Å². The van der Waals surface area contributed by atoms with Crippen LogP contribution in [0.2, 0.25) is 0 Å². The third kappa shape index (κ3) is 3.87. The zero-order valence-electron chi connectivity index (χ0n) is 8.16. The standard InChI is InChI=1S/C8H3BrF6INO/c9-1-3-4(18-8(13,14)15)2-17-6(5(3)16)7(10,11)12/h2H,1H2. The van der Waals surface area contributed by atoms with Crippen LogP contribution < -0.4 is 4.74 Å². The van der Waals surface area contributed by atoms with Gasteiger partial charge in [-0.2, -0.15) is 13.2 Å². The van der Waals surface area contributed by atoms with Crippen LogP contribution in [-0.2, 0) is 11.5 Å². The molecular weight excluding hydrogens is 447 g/mol. The highest BCUT2D eigenvalue weighted by Gasteiger charge is 2.38. The smallest absolute Gasteiger partial charge is 0.404 e. The maximum Gasteiger partial charge on any atom is 0.573 e. The molecule has 0 N–H and O–H groups in total. The summed E-state index contributed by atoms with van der Waals surface area (Å²) >= 11 is 4.10. The van der Waals surface area contributed by atoms with Crippen molar-refractivity contribution in [3.05, 3.63) is 21.0 Å². The lowest BCUT2D eigenvalue weighted by molar-refractivity contribution is -0.275. The summed E-state index contributed by atoms with van der Waals surface area (Å²) in [6.45, 7) is 0. The van der Waals surface area contributed by atoms with Gasteiger partial charge in [-0.1, -0.05) is 15.9 Å². The van der Waals surface area contributed by atoms with E-state index in [4.69, 9.17) is 0 Å². The number of halogens is 8. The van der Waals surface area contributed by atoms with E-state index in [1.165, 1.54) is 22.6 Å². The molecule has 0 fully saturated rings. The fourth-order valence-electron chi connectivity index (χ4n) is 1.04. The van der Waals surface area contributed by atoms with E-state index in [1.807, 2.05) is 0 Å². The molecule has 0 bridgehead atoms. The Bertz CT molecular complexity index is 446. The second-order valence-corrected chi connectivity index (χ2v) is 4.58. The number of pyridine rings is 1. The summed E-state index contributed by atoms with van der Waals surface area (Å²) in [5, 5.41) is -0.220. The van der Waals surface area contributed by atoms with Gasteiger partial charge in [-0.3, -0.25) is 0 Å². The van der Waals surface area contributed by atoms with Gasteiger partial charge in [-0.15, -0.1) is 13.2 Å². The fourth-order valence-corrected chi connectivity index (χ4v) is 3.03. The first-order chi connectivity index (χ1) is 8.06. The third-order valence-electron chi connectivity index (χ3n) is 1.71. The number of alkyl halides is 7. The number of aromatic nitrogens is 1. The van der Waals surface area contributed by atoms with Crippen LogP contribution in [0.15, 0.2) is 6.20 Å². The van der Waals surface area contributed by atoms with E-state index in [0.29, 0.717) is 6.20 Å². The molecule has 1 rings (SSSR count). The SMILES string of the molecule is FC(F)(F)Oc1cnc(C(F)(F)F)c(I)c1CBr. The first-order valence-corrected chi connectivity index (χ1v) is 6.32. The minimum atomic E-state index is -4.98. The summed E-state index contributed by atoms with van der Waals surface area (Å²) in [6, 6.07) is 0. The van der Waals surface area contributed by atoms with Crippen molar-refractivity contribution in [2.24, 2.45) is 0 Å². The molecule has 2 nitrogen and oxygen atoms in total. The molecule has 0 aliphatic rings. The van der Waals surface area contributed by atoms with Gasteiger partial charge in [0, 0.05) is 10.9 Å². The normalized spacial score (nSPS) is 12.7. The van der Waals surface area contributed by atoms with Gasteiger partial charge in [-0.05, 0) is 22.6 Å². The fraction of sp³-hybridized carbons (Fsp3) is 0.375.